The average molecular weight is 239 g/mol. The molecule has 3 unspecified atom stereocenters. The van der Waals surface area contributed by atoms with Gasteiger partial charge in [0.25, 0.3) is 0 Å². The van der Waals surface area contributed by atoms with E-state index in [1.54, 1.807) is 6.92 Å². The lowest BCUT2D eigenvalue weighted by Gasteiger charge is -2.25. The summed E-state index contributed by atoms with van der Waals surface area (Å²) in [4.78, 5) is 23.2. The second kappa shape index (κ2) is 4.49. The number of amides is 1. The molecule has 2 aliphatic carbocycles. The van der Waals surface area contributed by atoms with Gasteiger partial charge >= 0.3 is 5.97 Å². The largest absolute Gasteiger partial charge is 0.481 e. The number of carbonyl (C=O) groups excluding carboxylic acids is 1. The lowest BCUT2D eigenvalue weighted by atomic mass is 9.82. The minimum atomic E-state index is -0.904. The summed E-state index contributed by atoms with van der Waals surface area (Å²) >= 11 is 0. The van der Waals surface area contributed by atoms with Gasteiger partial charge < -0.3 is 15.5 Å². The van der Waals surface area contributed by atoms with E-state index in [9.17, 15) is 14.7 Å². The van der Waals surface area contributed by atoms with Crippen LogP contribution in [0.4, 0.5) is 0 Å². The maximum absolute atomic E-state index is 12.0. The van der Waals surface area contributed by atoms with E-state index in [1.165, 1.54) is 0 Å². The number of aliphatic hydroxyl groups excluding tert-OH is 1. The lowest BCUT2D eigenvalue weighted by molar-refractivity contribution is -0.148. The van der Waals surface area contributed by atoms with E-state index in [0.717, 1.165) is 6.42 Å². The molecule has 1 fully saturated rings. The second-order valence-electron chi connectivity index (χ2n) is 4.93. The summed E-state index contributed by atoms with van der Waals surface area (Å²) < 4.78 is 0. The molecular formula is C12H17NO4. The first kappa shape index (κ1) is 12.1. The fourth-order valence-electron chi connectivity index (χ4n) is 2.90. The number of carboxylic acids is 1. The van der Waals surface area contributed by atoms with Crippen molar-refractivity contribution in [1.29, 1.82) is 0 Å². The van der Waals surface area contributed by atoms with E-state index < -0.39 is 17.8 Å². The molecule has 0 radical (unpaired) electrons. The minimum absolute atomic E-state index is 0.0160. The molecule has 17 heavy (non-hydrogen) atoms. The summed E-state index contributed by atoms with van der Waals surface area (Å²) in [5.74, 6) is -2.24. The first-order chi connectivity index (χ1) is 8.04. The van der Waals surface area contributed by atoms with Crippen LogP contribution in [0.3, 0.4) is 0 Å². The molecule has 1 amide bonds. The third kappa shape index (κ3) is 2.07. The average Bonchev–Trinajstić information content (AvgIpc) is 2.87. The van der Waals surface area contributed by atoms with Gasteiger partial charge in [-0.2, -0.15) is 0 Å². The van der Waals surface area contributed by atoms with Crippen LogP contribution in [-0.2, 0) is 9.59 Å². The van der Waals surface area contributed by atoms with Gasteiger partial charge in [-0.15, -0.1) is 0 Å². The molecular weight excluding hydrogens is 222 g/mol. The molecule has 0 saturated heterocycles. The highest BCUT2D eigenvalue weighted by Crippen LogP contribution is 2.48. The van der Waals surface area contributed by atoms with Crippen molar-refractivity contribution < 1.29 is 19.8 Å². The van der Waals surface area contributed by atoms with Crippen molar-refractivity contribution in [2.45, 2.75) is 19.4 Å². The summed E-state index contributed by atoms with van der Waals surface area (Å²) in [5, 5.41) is 20.7. The summed E-state index contributed by atoms with van der Waals surface area (Å²) in [5.41, 5.74) is 0. The van der Waals surface area contributed by atoms with Crippen LogP contribution in [0.1, 0.15) is 13.3 Å². The number of hydrogen-bond acceptors (Lipinski definition) is 3. The number of aliphatic carboxylic acids is 1. The molecule has 0 aromatic heterocycles. The summed E-state index contributed by atoms with van der Waals surface area (Å²) in [6.07, 6.45) is 4.60. The second-order valence-corrected chi connectivity index (χ2v) is 4.93. The Morgan fingerprint density at radius 1 is 1.35 bits per heavy atom. The molecule has 94 valence electrons. The molecule has 0 aliphatic heterocycles. The Bertz CT molecular complexity index is 366. The normalized spacial score (nSPS) is 35.9. The predicted octanol–water partition coefficient (Wildman–Crippen LogP) is 0.00630. The number of rotatable bonds is 4. The Hall–Kier alpha value is -1.36. The maximum Gasteiger partial charge on any atom is 0.307 e. The van der Waals surface area contributed by atoms with Gasteiger partial charge in [0, 0.05) is 6.04 Å². The Morgan fingerprint density at radius 3 is 2.47 bits per heavy atom. The van der Waals surface area contributed by atoms with Crippen molar-refractivity contribution in [3.8, 4) is 0 Å². The van der Waals surface area contributed by atoms with Gasteiger partial charge in [0.2, 0.25) is 5.91 Å². The van der Waals surface area contributed by atoms with E-state index in [-0.39, 0.29) is 30.4 Å². The summed E-state index contributed by atoms with van der Waals surface area (Å²) in [7, 11) is 0. The van der Waals surface area contributed by atoms with Crippen LogP contribution in [0, 0.1) is 23.7 Å². The summed E-state index contributed by atoms with van der Waals surface area (Å²) in [6.45, 7) is 1.55. The molecule has 0 spiro atoms. The number of hydrogen-bond donors (Lipinski definition) is 3. The van der Waals surface area contributed by atoms with Crippen molar-refractivity contribution in [2.75, 3.05) is 6.61 Å². The Balaban J connectivity index is 2.11. The number of nitrogens with one attached hydrogen (secondary N) is 1. The lowest BCUT2D eigenvalue weighted by Crippen LogP contribution is -2.44. The van der Waals surface area contributed by atoms with Gasteiger partial charge in [0.15, 0.2) is 0 Å². The van der Waals surface area contributed by atoms with Crippen LogP contribution in [0.2, 0.25) is 0 Å². The third-order valence-electron chi connectivity index (χ3n) is 3.71. The van der Waals surface area contributed by atoms with Gasteiger partial charge in [-0.25, -0.2) is 0 Å². The number of carbonyl (C=O) groups is 2. The highest BCUT2D eigenvalue weighted by molar-refractivity contribution is 5.87. The molecule has 5 nitrogen and oxygen atoms in total. The maximum atomic E-state index is 12.0. The molecule has 0 heterocycles. The number of carboxylic acid groups (broad SMARTS) is 1. The van der Waals surface area contributed by atoms with Crippen LogP contribution in [0.5, 0.6) is 0 Å². The molecule has 1 saturated carbocycles. The molecule has 5 heteroatoms. The molecule has 5 atom stereocenters. The monoisotopic (exact) mass is 239 g/mol. The first-order valence-corrected chi connectivity index (χ1v) is 5.87. The van der Waals surface area contributed by atoms with E-state index >= 15 is 0 Å². The Kier molecular flexibility index (Phi) is 3.19. The highest BCUT2D eigenvalue weighted by atomic mass is 16.4. The van der Waals surface area contributed by atoms with E-state index in [0.29, 0.717) is 0 Å². The zero-order valence-corrected chi connectivity index (χ0v) is 9.67. The molecule has 0 aromatic carbocycles. The highest BCUT2D eigenvalue weighted by Gasteiger charge is 2.51. The van der Waals surface area contributed by atoms with Crippen LogP contribution >= 0.6 is 0 Å². The van der Waals surface area contributed by atoms with Gasteiger partial charge in [-0.1, -0.05) is 12.2 Å². The van der Waals surface area contributed by atoms with Crippen molar-refractivity contribution in [2.24, 2.45) is 23.7 Å². The van der Waals surface area contributed by atoms with E-state index in [1.807, 2.05) is 12.2 Å². The van der Waals surface area contributed by atoms with Crippen LogP contribution < -0.4 is 5.32 Å². The fraction of sp³-hybridized carbons (Fsp3) is 0.667. The predicted molar refractivity (Wildman–Crippen MR) is 60.0 cm³/mol. The van der Waals surface area contributed by atoms with E-state index in [2.05, 4.69) is 5.32 Å². The smallest absolute Gasteiger partial charge is 0.307 e. The van der Waals surface area contributed by atoms with Gasteiger partial charge in [-0.3, -0.25) is 9.59 Å². The molecule has 2 bridgehead atoms. The molecule has 0 aromatic rings. The van der Waals surface area contributed by atoms with Crippen molar-refractivity contribution in [3.63, 3.8) is 0 Å². The van der Waals surface area contributed by atoms with Crippen LogP contribution in [0.15, 0.2) is 12.2 Å². The Morgan fingerprint density at radius 2 is 1.94 bits per heavy atom. The van der Waals surface area contributed by atoms with Gasteiger partial charge in [0.1, 0.15) is 0 Å². The minimum Gasteiger partial charge on any atom is -0.481 e. The van der Waals surface area contributed by atoms with Crippen LogP contribution in [-0.4, -0.2) is 34.7 Å². The zero-order chi connectivity index (χ0) is 12.6. The SMILES string of the molecule is CC(CO)NC(=O)[C@H]1C2C=CC(C2)[C@H]1C(=O)O. The van der Waals surface area contributed by atoms with Crippen molar-refractivity contribution >= 4 is 11.9 Å². The molecule has 3 N–H and O–H groups in total. The Labute approximate surface area is 99.5 Å². The standard InChI is InChI=1S/C12H17NO4/c1-6(5-14)13-11(15)9-7-2-3-8(4-7)10(9)12(16)17/h2-3,6-10,14H,4-5H2,1H3,(H,13,15)(H,16,17)/t6?,7?,8?,9-,10+/m0/s1. The van der Waals surface area contributed by atoms with E-state index in [4.69, 9.17) is 5.11 Å². The van der Waals surface area contributed by atoms with Crippen LogP contribution in [0.25, 0.3) is 0 Å². The van der Waals surface area contributed by atoms with Crippen molar-refractivity contribution in [1.82, 2.24) is 5.32 Å². The third-order valence-corrected chi connectivity index (χ3v) is 3.71. The number of aliphatic hydroxyl groups is 1. The van der Waals surface area contributed by atoms with Gasteiger partial charge in [-0.05, 0) is 25.2 Å². The summed E-state index contributed by atoms with van der Waals surface area (Å²) in [6, 6.07) is -0.333. The fourth-order valence-corrected chi connectivity index (χ4v) is 2.90. The van der Waals surface area contributed by atoms with Gasteiger partial charge in [0.05, 0.1) is 18.4 Å². The quantitative estimate of drug-likeness (QED) is 0.603. The first-order valence-electron chi connectivity index (χ1n) is 5.87. The molecule has 2 rings (SSSR count). The molecule has 2 aliphatic rings. The van der Waals surface area contributed by atoms with Crippen molar-refractivity contribution in [3.05, 3.63) is 12.2 Å². The topological polar surface area (TPSA) is 86.6 Å². The number of allylic oxidation sites excluding steroid dienone is 2. The number of fused-ring (bicyclic) bond motifs is 2. The zero-order valence-electron chi connectivity index (χ0n) is 9.67.